The molecular weight excluding hydrogens is 318 g/mol. The fraction of sp³-hybridized carbons (Fsp3) is 0.700. The molecule has 0 aliphatic heterocycles. The summed E-state index contributed by atoms with van der Waals surface area (Å²) in [4.78, 5) is 0.409. The Morgan fingerprint density at radius 2 is 1.38 bits per heavy atom. The normalized spacial score (nSPS) is 35.4. The maximum absolute atomic E-state index is 13.0. The van der Waals surface area contributed by atoms with E-state index in [9.17, 15) is 8.42 Å². The van der Waals surface area contributed by atoms with Gasteiger partial charge in [-0.15, -0.1) is 0 Å². The van der Waals surface area contributed by atoms with Crippen LogP contribution in [0, 0.1) is 17.8 Å². The van der Waals surface area contributed by atoms with E-state index in [-0.39, 0.29) is 11.0 Å². The van der Waals surface area contributed by atoms with Gasteiger partial charge >= 0.3 is 0 Å². The molecule has 4 fully saturated rings. The first-order valence-corrected chi connectivity index (χ1v) is 10.8. The van der Waals surface area contributed by atoms with Crippen molar-refractivity contribution in [2.75, 3.05) is 0 Å². The monoisotopic (exact) mass is 347 g/mol. The summed E-state index contributed by atoms with van der Waals surface area (Å²) in [5, 5.41) is 0. The maximum Gasteiger partial charge on any atom is 0.241 e. The summed E-state index contributed by atoms with van der Waals surface area (Å²) >= 11 is 0. The van der Waals surface area contributed by atoms with Crippen molar-refractivity contribution in [3.05, 3.63) is 29.8 Å². The largest absolute Gasteiger partial charge is 0.241 e. The fourth-order valence-corrected chi connectivity index (χ4v) is 7.15. The molecule has 4 saturated carbocycles. The second-order valence-electron chi connectivity index (χ2n) is 9.58. The van der Waals surface area contributed by atoms with Crippen LogP contribution in [-0.2, 0) is 15.4 Å². The predicted molar refractivity (Wildman–Crippen MR) is 96.4 cm³/mol. The van der Waals surface area contributed by atoms with E-state index in [2.05, 4.69) is 25.5 Å². The Hall–Kier alpha value is -0.870. The molecule has 132 valence electrons. The van der Waals surface area contributed by atoms with Crippen LogP contribution >= 0.6 is 0 Å². The van der Waals surface area contributed by atoms with E-state index in [0.29, 0.717) is 4.90 Å². The number of hydrogen-bond donors (Lipinski definition) is 1. The van der Waals surface area contributed by atoms with E-state index in [1.807, 2.05) is 12.1 Å². The number of nitrogens with one attached hydrogen (secondary N) is 1. The van der Waals surface area contributed by atoms with E-state index >= 15 is 0 Å². The lowest BCUT2D eigenvalue weighted by atomic mass is 9.53. The minimum absolute atomic E-state index is 0.0373. The van der Waals surface area contributed by atoms with Gasteiger partial charge in [-0.2, -0.15) is 0 Å². The first-order valence-electron chi connectivity index (χ1n) is 9.30. The number of rotatable bonds is 3. The van der Waals surface area contributed by atoms with Crippen molar-refractivity contribution in [1.82, 2.24) is 4.72 Å². The molecule has 24 heavy (non-hydrogen) atoms. The van der Waals surface area contributed by atoms with Gasteiger partial charge in [0.15, 0.2) is 0 Å². The van der Waals surface area contributed by atoms with Crippen LogP contribution < -0.4 is 4.72 Å². The number of hydrogen-bond acceptors (Lipinski definition) is 2. The molecule has 0 radical (unpaired) electrons. The van der Waals surface area contributed by atoms with Gasteiger partial charge in [-0.1, -0.05) is 32.9 Å². The average molecular weight is 348 g/mol. The molecular formula is C20H29NO2S. The molecule has 0 amide bonds. The van der Waals surface area contributed by atoms with Crippen LogP contribution in [0.2, 0.25) is 0 Å². The van der Waals surface area contributed by atoms with Crippen molar-refractivity contribution < 1.29 is 8.42 Å². The second kappa shape index (κ2) is 5.31. The lowest BCUT2D eigenvalue weighted by Gasteiger charge is -2.56. The summed E-state index contributed by atoms with van der Waals surface area (Å²) in [6.45, 7) is 6.43. The Kier molecular flexibility index (Phi) is 3.67. The Morgan fingerprint density at radius 3 is 1.79 bits per heavy atom. The van der Waals surface area contributed by atoms with Gasteiger partial charge in [-0.25, -0.2) is 13.1 Å². The van der Waals surface area contributed by atoms with Crippen LogP contribution in [0.1, 0.15) is 64.9 Å². The Labute approximate surface area is 146 Å². The minimum atomic E-state index is -3.44. The zero-order valence-electron chi connectivity index (χ0n) is 15.0. The van der Waals surface area contributed by atoms with Crippen LogP contribution in [0.3, 0.4) is 0 Å². The van der Waals surface area contributed by atoms with Gasteiger partial charge in [0.25, 0.3) is 0 Å². The highest BCUT2D eigenvalue weighted by atomic mass is 32.2. The van der Waals surface area contributed by atoms with Crippen LogP contribution in [0.5, 0.6) is 0 Å². The molecule has 3 nitrogen and oxygen atoms in total. The quantitative estimate of drug-likeness (QED) is 0.889. The molecule has 4 bridgehead atoms. The van der Waals surface area contributed by atoms with Crippen molar-refractivity contribution in [2.24, 2.45) is 17.8 Å². The molecule has 4 aliphatic carbocycles. The zero-order chi connectivity index (χ0) is 17.2. The highest BCUT2D eigenvalue weighted by Gasteiger charge is 2.52. The molecule has 0 spiro atoms. The molecule has 0 saturated heterocycles. The summed E-state index contributed by atoms with van der Waals surface area (Å²) in [6.07, 6.45) is 7.08. The molecule has 1 aromatic rings. The van der Waals surface area contributed by atoms with E-state index in [4.69, 9.17) is 0 Å². The predicted octanol–water partition coefficient (Wildman–Crippen LogP) is 4.23. The molecule has 0 unspecified atom stereocenters. The molecule has 5 rings (SSSR count). The third-order valence-electron chi connectivity index (χ3n) is 6.42. The van der Waals surface area contributed by atoms with Gasteiger partial charge in [0.2, 0.25) is 10.0 Å². The van der Waals surface area contributed by atoms with Gasteiger partial charge in [-0.3, -0.25) is 0 Å². The third kappa shape index (κ3) is 2.92. The van der Waals surface area contributed by atoms with Gasteiger partial charge in [-0.05, 0) is 79.4 Å². The summed E-state index contributed by atoms with van der Waals surface area (Å²) in [5.74, 6) is 2.21. The summed E-state index contributed by atoms with van der Waals surface area (Å²) in [7, 11) is -3.44. The van der Waals surface area contributed by atoms with Crippen LogP contribution in [-0.4, -0.2) is 14.0 Å². The Balaban J connectivity index is 1.57. The van der Waals surface area contributed by atoms with Crippen molar-refractivity contribution >= 4 is 10.0 Å². The number of benzene rings is 1. The Bertz CT molecular complexity index is 693. The van der Waals surface area contributed by atoms with Gasteiger partial charge in [0.05, 0.1) is 4.90 Å². The number of sulfonamides is 1. The molecule has 0 aromatic heterocycles. The molecule has 0 atom stereocenters. The Morgan fingerprint density at radius 1 is 0.917 bits per heavy atom. The van der Waals surface area contributed by atoms with E-state index in [0.717, 1.165) is 42.6 Å². The SMILES string of the molecule is CC(C)(C)c1ccc(S(=O)(=O)NC23CC4CC(CC(C4)C2)C3)cc1. The minimum Gasteiger partial charge on any atom is -0.207 e. The molecule has 4 heteroatoms. The van der Waals surface area contributed by atoms with E-state index in [1.165, 1.54) is 19.3 Å². The third-order valence-corrected chi connectivity index (χ3v) is 8.01. The van der Waals surface area contributed by atoms with Gasteiger partial charge in [0, 0.05) is 5.54 Å². The highest BCUT2D eigenvalue weighted by molar-refractivity contribution is 7.89. The molecule has 4 aliphatic rings. The first kappa shape index (κ1) is 16.6. The van der Waals surface area contributed by atoms with Crippen molar-refractivity contribution in [1.29, 1.82) is 0 Å². The fourth-order valence-electron chi connectivity index (χ4n) is 5.71. The van der Waals surface area contributed by atoms with Crippen LogP contribution in [0.15, 0.2) is 29.2 Å². The highest BCUT2D eigenvalue weighted by Crippen LogP contribution is 2.55. The standard InChI is InChI=1S/C20H29NO2S/c1-19(2,3)17-4-6-18(7-5-17)24(22,23)21-20-11-14-8-15(12-20)10-16(9-14)13-20/h4-7,14-16,21H,8-13H2,1-3H3. The molecule has 1 aromatic carbocycles. The molecule has 0 heterocycles. The van der Waals surface area contributed by atoms with Gasteiger partial charge < -0.3 is 0 Å². The summed E-state index contributed by atoms with van der Waals surface area (Å²) in [6, 6.07) is 7.44. The van der Waals surface area contributed by atoms with E-state index in [1.54, 1.807) is 12.1 Å². The van der Waals surface area contributed by atoms with Crippen LogP contribution in [0.4, 0.5) is 0 Å². The lowest BCUT2D eigenvalue weighted by molar-refractivity contribution is -0.00810. The first-order chi connectivity index (χ1) is 11.2. The molecule has 1 N–H and O–H groups in total. The van der Waals surface area contributed by atoms with Crippen LogP contribution in [0.25, 0.3) is 0 Å². The van der Waals surface area contributed by atoms with Crippen molar-refractivity contribution in [2.45, 2.75) is 75.1 Å². The summed E-state index contributed by atoms with van der Waals surface area (Å²) in [5.41, 5.74) is 1.03. The maximum atomic E-state index is 13.0. The van der Waals surface area contributed by atoms with Gasteiger partial charge in [0.1, 0.15) is 0 Å². The van der Waals surface area contributed by atoms with Crippen molar-refractivity contribution in [3.8, 4) is 0 Å². The zero-order valence-corrected chi connectivity index (χ0v) is 15.8. The van der Waals surface area contributed by atoms with Crippen molar-refractivity contribution in [3.63, 3.8) is 0 Å². The smallest absolute Gasteiger partial charge is 0.207 e. The topological polar surface area (TPSA) is 46.2 Å². The average Bonchev–Trinajstić information content (AvgIpc) is 2.43. The summed E-state index contributed by atoms with van der Waals surface area (Å²) < 4.78 is 29.1. The second-order valence-corrected chi connectivity index (χ2v) is 11.3. The van der Waals surface area contributed by atoms with E-state index < -0.39 is 10.0 Å². The lowest BCUT2D eigenvalue weighted by Crippen LogP contribution is -2.59.